The summed E-state index contributed by atoms with van der Waals surface area (Å²) in [6, 6.07) is 0. The minimum Gasteiger partial charge on any atom is -0.203 e. The molecular formula is C3HCl3F2. The molecule has 8 heavy (non-hydrogen) atoms. The first kappa shape index (κ1) is 8.47. The molecule has 0 spiro atoms. The molecule has 0 aliphatic rings. The van der Waals surface area contributed by atoms with Gasteiger partial charge in [0.1, 0.15) is 0 Å². The van der Waals surface area contributed by atoms with Gasteiger partial charge in [-0.3, -0.25) is 0 Å². The standard InChI is InChI=1S/C3HCl3F2/c4-2(7)1-3(5,6)8/h1H. The van der Waals surface area contributed by atoms with Gasteiger partial charge in [0.25, 0.3) is 4.59 Å². The summed E-state index contributed by atoms with van der Waals surface area (Å²) in [6.07, 6.45) is 0.234. The first-order chi connectivity index (χ1) is 3.42. The van der Waals surface area contributed by atoms with Crippen LogP contribution in [0.5, 0.6) is 0 Å². The number of halogens is 5. The summed E-state index contributed by atoms with van der Waals surface area (Å²) >= 11 is 13.8. The van der Waals surface area contributed by atoms with Crippen LogP contribution < -0.4 is 0 Å². The maximum atomic E-state index is 11.8. The van der Waals surface area contributed by atoms with Gasteiger partial charge in [0.15, 0.2) is 5.29 Å². The Bertz CT molecular complexity index is 99.6. The molecule has 0 rings (SSSR count). The molecule has 0 saturated heterocycles. The van der Waals surface area contributed by atoms with Gasteiger partial charge >= 0.3 is 0 Å². The number of allylic oxidation sites excluding steroid dienone is 1. The molecule has 0 unspecified atom stereocenters. The van der Waals surface area contributed by atoms with Crippen molar-refractivity contribution in [3.63, 3.8) is 0 Å². The molecule has 0 aliphatic carbocycles. The molecule has 0 aliphatic heterocycles. The molecule has 0 amide bonds. The van der Waals surface area contributed by atoms with Gasteiger partial charge in [0.2, 0.25) is 0 Å². The molecule has 0 N–H and O–H groups in total. The van der Waals surface area contributed by atoms with E-state index in [-0.39, 0.29) is 6.08 Å². The summed E-state index contributed by atoms with van der Waals surface area (Å²) in [5.74, 6) is 0. The van der Waals surface area contributed by atoms with Crippen molar-refractivity contribution in [1.82, 2.24) is 0 Å². The third-order valence-corrected chi connectivity index (χ3v) is 0.600. The summed E-state index contributed by atoms with van der Waals surface area (Å²) in [6.45, 7) is 0. The van der Waals surface area contributed by atoms with Crippen LogP contribution in [0, 0.1) is 0 Å². The average molecular weight is 181 g/mol. The Hall–Kier alpha value is 0.470. The monoisotopic (exact) mass is 180 g/mol. The predicted octanol–water partition coefficient (Wildman–Crippen LogP) is 3.14. The molecule has 0 bridgehead atoms. The van der Waals surface area contributed by atoms with Gasteiger partial charge in [-0.15, -0.1) is 0 Å². The lowest BCUT2D eigenvalue weighted by Crippen LogP contribution is -1.96. The van der Waals surface area contributed by atoms with Crippen molar-refractivity contribution in [2.45, 2.75) is 4.59 Å². The summed E-state index contributed by atoms with van der Waals surface area (Å²) in [5, 5.41) is -1.27. The molecule has 0 aromatic rings. The zero-order valence-electron chi connectivity index (χ0n) is 3.47. The van der Waals surface area contributed by atoms with E-state index in [2.05, 4.69) is 34.8 Å². The Morgan fingerprint density at radius 2 is 1.88 bits per heavy atom. The lowest BCUT2D eigenvalue weighted by molar-refractivity contribution is 0.456. The van der Waals surface area contributed by atoms with Gasteiger partial charge in [-0.05, 0) is 0 Å². The molecule has 48 valence electrons. The second-order valence-electron chi connectivity index (χ2n) is 0.976. The van der Waals surface area contributed by atoms with Gasteiger partial charge in [0, 0.05) is 6.08 Å². The van der Waals surface area contributed by atoms with Gasteiger partial charge in [-0.25, -0.2) is 4.39 Å². The number of hydrogen-bond donors (Lipinski definition) is 0. The van der Waals surface area contributed by atoms with Crippen molar-refractivity contribution >= 4 is 34.8 Å². The first-order valence-corrected chi connectivity index (χ1v) is 2.66. The van der Waals surface area contributed by atoms with Gasteiger partial charge in [-0.1, -0.05) is 34.8 Å². The number of hydrogen-bond acceptors (Lipinski definition) is 0. The van der Waals surface area contributed by atoms with Gasteiger partial charge in [-0.2, -0.15) is 4.39 Å². The maximum Gasteiger partial charge on any atom is 0.280 e. The minimum atomic E-state index is -2.70. The highest BCUT2D eigenvalue weighted by atomic mass is 35.5. The molecular weight excluding hydrogens is 180 g/mol. The second kappa shape index (κ2) is 2.85. The third kappa shape index (κ3) is 6.47. The topological polar surface area (TPSA) is 0 Å². The van der Waals surface area contributed by atoms with Crippen molar-refractivity contribution < 1.29 is 8.78 Å². The first-order valence-electron chi connectivity index (χ1n) is 1.52. The van der Waals surface area contributed by atoms with Crippen LogP contribution in [0.2, 0.25) is 0 Å². The number of alkyl halides is 3. The van der Waals surface area contributed by atoms with E-state index in [0.717, 1.165) is 0 Å². The second-order valence-corrected chi connectivity index (χ2v) is 2.63. The zero-order chi connectivity index (χ0) is 6.78. The van der Waals surface area contributed by atoms with Crippen LogP contribution in [0.4, 0.5) is 8.78 Å². The van der Waals surface area contributed by atoms with E-state index in [9.17, 15) is 8.78 Å². The van der Waals surface area contributed by atoms with Crippen LogP contribution in [-0.2, 0) is 0 Å². The summed E-state index contributed by atoms with van der Waals surface area (Å²) in [5.41, 5.74) is 0. The molecule has 0 aromatic carbocycles. The molecule has 0 fully saturated rings. The Morgan fingerprint density at radius 3 is 1.88 bits per heavy atom. The smallest absolute Gasteiger partial charge is 0.203 e. The van der Waals surface area contributed by atoms with E-state index in [0.29, 0.717) is 0 Å². The molecule has 0 saturated carbocycles. The summed E-state index contributed by atoms with van der Waals surface area (Å²) in [4.78, 5) is 0. The molecule has 0 aromatic heterocycles. The summed E-state index contributed by atoms with van der Waals surface area (Å²) in [7, 11) is 0. The molecule has 0 heterocycles. The highest BCUT2D eigenvalue weighted by Gasteiger charge is 2.18. The van der Waals surface area contributed by atoms with Crippen LogP contribution in [0.3, 0.4) is 0 Å². The number of rotatable bonds is 1. The van der Waals surface area contributed by atoms with E-state index < -0.39 is 9.87 Å². The third-order valence-electron chi connectivity index (χ3n) is 0.273. The van der Waals surface area contributed by atoms with Crippen molar-refractivity contribution in [3.8, 4) is 0 Å². The Labute approximate surface area is 60.0 Å². The van der Waals surface area contributed by atoms with Crippen molar-refractivity contribution in [2.75, 3.05) is 0 Å². The van der Waals surface area contributed by atoms with E-state index >= 15 is 0 Å². The summed E-state index contributed by atoms with van der Waals surface area (Å²) < 4.78 is 20.5. The van der Waals surface area contributed by atoms with Crippen molar-refractivity contribution in [3.05, 3.63) is 11.4 Å². The lowest BCUT2D eigenvalue weighted by Gasteiger charge is -1.97. The zero-order valence-corrected chi connectivity index (χ0v) is 5.73. The van der Waals surface area contributed by atoms with Crippen molar-refractivity contribution in [1.29, 1.82) is 0 Å². The fourth-order valence-electron chi connectivity index (χ4n) is 0.124. The van der Waals surface area contributed by atoms with E-state index in [4.69, 9.17) is 0 Å². The molecule has 5 heteroatoms. The molecule has 0 nitrogen and oxygen atoms in total. The Kier molecular flexibility index (Phi) is 3.02. The fourth-order valence-corrected chi connectivity index (χ4v) is 0.577. The average Bonchev–Trinajstić information content (AvgIpc) is 1.21. The van der Waals surface area contributed by atoms with E-state index in [1.165, 1.54) is 0 Å². The van der Waals surface area contributed by atoms with E-state index in [1.807, 2.05) is 0 Å². The highest BCUT2D eigenvalue weighted by Crippen LogP contribution is 2.26. The predicted molar refractivity (Wildman–Crippen MR) is 30.6 cm³/mol. The normalized spacial score (nSPS) is 14.4. The van der Waals surface area contributed by atoms with Gasteiger partial charge in [0.05, 0.1) is 0 Å². The van der Waals surface area contributed by atoms with Crippen LogP contribution >= 0.6 is 34.8 Å². The van der Waals surface area contributed by atoms with E-state index in [1.54, 1.807) is 0 Å². The Morgan fingerprint density at radius 1 is 1.50 bits per heavy atom. The van der Waals surface area contributed by atoms with Crippen LogP contribution in [0.1, 0.15) is 0 Å². The van der Waals surface area contributed by atoms with Crippen LogP contribution in [0.25, 0.3) is 0 Å². The molecule has 0 radical (unpaired) electrons. The quantitative estimate of drug-likeness (QED) is 0.545. The maximum absolute atomic E-state index is 11.8. The fraction of sp³-hybridized carbons (Fsp3) is 0.333. The SMILES string of the molecule is FC(Cl)=CC(F)(Cl)Cl. The minimum absolute atomic E-state index is 0.234. The highest BCUT2D eigenvalue weighted by molar-refractivity contribution is 6.49. The largest absolute Gasteiger partial charge is 0.280 e. The van der Waals surface area contributed by atoms with Crippen LogP contribution in [-0.4, -0.2) is 4.59 Å². The van der Waals surface area contributed by atoms with Gasteiger partial charge < -0.3 is 0 Å². The Balaban J connectivity index is 3.89. The molecule has 0 atom stereocenters. The van der Waals surface area contributed by atoms with Crippen LogP contribution in [0.15, 0.2) is 11.4 Å². The lowest BCUT2D eigenvalue weighted by atomic mass is 10.7. The van der Waals surface area contributed by atoms with Crippen molar-refractivity contribution in [2.24, 2.45) is 0 Å².